The van der Waals surface area contributed by atoms with Gasteiger partial charge in [0.05, 0.1) is 0 Å². The molecule has 0 aliphatic carbocycles. The second-order valence-electron chi connectivity index (χ2n) is 0. The topological polar surface area (TPSA) is 249 Å². The molecular formula is H14FeO8. The monoisotopic (exact) mass is 198 g/mol. The molecule has 0 saturated heterocycles. The summed E-state index contributed by atoms with van der Waals surface area (Å²) in [5.74, 6) is 0. The van der Waals surface area contributed by atoms with E-state index in [1.54, 1.807) is 0 Å². The summed E-state index contributed by atoms with van der Waals surface area (Å²) in [5, 5.41) is 0. The molecule has 8 nitrogen and oxygen atoms in total. The molecule has 0 rings (SSSR count). The summed E-state index contributed by atoms with van der Waals surface area (Å²) in [6, 6.07) is 0. The Morgan fingerprint density at radius 1 is 0.333 bits per heavy atom. The first-order valence-corrected chi connectivity index (χ1v) is 0. The Balaban J connectivity index is 0. The first kappa shape index (κ1) is 15500. The summed E-state index contributed by atoms with van der Waals surface area (Å²) in [5.41, 5.74) is 0. The molecule has 9 heteroatoms. The fourth-order valence-electron chi connectivity index (χ4n) is 0. The minimum atomic E-state index is 0. The van der Waals surface area contributed by atoms with E-state index in [1.165, 1.54) is 0 Å². The molecule has 0 aromatic rings. The number of rotatable bonds is 0. The van der Waals surface area contributed by atoms with Gasteiger partial charge in [0.1, 0.15) is 0 Å². The Bertz CT molecular complexity index is 4.53. The average Bonchev–Trinajstić information content (AvgIpc) is 0. The summed E-state index contributed by atoms with van der Waals surface area (Å²) in [7, 11) is 0. The molecule has 0 heterocycles. The predicted octanol–water partition coefficient (Wildman–Crippen LogP) is -5.30. The Morgan fingerprint density at radius 2 is 0.333 bits per heavy atom. The van der Waals surface area contributed by atoms with Crippen molar-refractivity contribution in [1.82, 2.24) is 0 Å². The van der Waals surface area contributed by atoms with E-state index in [2.05, 4.69) is 0 Å². The van der Waals surface area contributed by atoms with Crippen LogP contribution in [0.4, 0.5) is 0 Å². The van der Waals surface area contributed by atoms with Gasteiger partial charge in [-0.25, -0.2) is 0 Å². The summed E-state index contributed by atoms with van der Waals surface area (Å²) in [4.78, 5) is 0. The minimum absolute atomic E-state index is 0. The van der Waals surface area contributed by atoms with Gasteiger partial charge in [0.15, 0.2) is 0 Å². The maximum atomic E-state index is 0. The van der Waals surface area contributed by atoms with Crippen molar-refractivity contribution in [1.29, 1.82) is 0 Å². The van der Waals surface area contributed by atoms with Gasteiger partial charge in [-0.15, -0.1) is 0 Å². The molecule has 0 fully saturated rings. The minimum Gasteiger partial charge on any atom is -0.870 e. The fourth-order valence-corrected chi connectivity index (χ4v) is 0. The first-order valence-electron chi connectivity index (χ1n) is 0. The van der Waals surface area contributed by atoms with Crippen LogP contribution in [0.1, 0.15) is 0 Å². The smallest absolute Gasteiger partial charge is 0.870 e. The van der Waals surface area contributed by atoms with E-state index >= 15 is 0 Å². The molecule has 0 aliphatic heterocycles. The quantitative estimate of drug-likeness (QED) is 0.345. The van der Waals surface area contributed by atoms with Crippen molar-refractivity contribution < 1.29 is 60.9 Å². The Hall–Kier alpha value is 0.199. The predicted molar refractivity (Wildman–Crippen MR) is 25.6 cm³/mol. The molecule has 70 valence electrons. The van der Waals surface area contributed by atoms with Crippen molar-refractivity contribution in [2.75, 3.05) is 0 Å². The molecule has 0 spiro atoms. The third-order valence-electron chi connectivity index (χ3n) is 0. The van der Waals surface area contributed by atoms with Crippen LogP contribution >= 0.6 is 0 Å². The van der Waals surface area contributed by atoms with Crippen LogP contribution in [-0.2, 0) is 17.1 Å². The summed E-state index contributed by atoms with van der Waals surface area (Å²) in [6.45, 7) is 0. The standard InChI is InChI=1S/Fe.8H2O/h;8*1H2/q+2;;;;;;;;/p-2. The zero-order chi connectivity index (χ0) is 0. The van der Waals surface area contributed by atoms with Gasteiger partial charge in [0, 0.05) is 0 Å². The van der Waals surface area contributed by atoms with Crippen LogP contribution in [0.2, 0.25) is 0 Å². The van der Waals surface area contributed by atoms with E-state index < -0.39 is 0 Å². The third kappa shape index (κ3) is 7920. The van der Waals surface area contributed by atoms with Gasteiger partial charge in [0.2, 0.25) is 0 Å². The van der Waals surface area contributed by atoms with Crippen LogP contribution in [0.3, 0.4) is 0 Å². The van der Waals surface area contributed by atoms with Crippen LogP contribution < -0.4 is 0 Å². The molecule has 9 heavy (non-hydrogen) atoms. The SMILES string of the molecule is O.O.O.O.O.O.[Fe+2].[OH-].[OH-]. The van der Waals surface area contributed by atoms with E-state index in [1.807, 2.05) is 0 Å². The summed E-state index contributed by atoms with van der Waals surface area (Å²) < 4.78 is 0. The van der Waals surface area contributed by atoms with Gasteiger partial charge in [0.25, 0.3) is 0 Å². The largest absolute Gasteiger partial charge is 2.00 e. The van der Waals surface area contributed by atoms with E-state index in [4.69, 9.17) is 0 Å². The molecule has 0 saturated carbocycles. The molecule has 0 aromatic carbocycles. The van der Waals surface area contributed by atoms with Crippen molar-refractivity contribution in [3.8, 4) is 0 Å². The molecule has 14 N–H and O–H groups in total. The number of hydrogen-bond acceptors (Lipinski definition) is 2. The van der Waals surface area contributed by atoms with Crippen molar-refractivity contribution in [3.05, 3.63) is 0 Å². The van der Waals surface area contributed by atoms with Crippen LogP contribution in [0, 0.1) is 0 Å². The Kier molecular flexibility index (Phi) is 18400000. The second kappa shape index (κ2) is 10700. The molecule has 0 bridgehead atoms. The van der Waals surface area contributed by atoms with E-state index in [0.717, 1.165) is 0 Å². The van der Waals surface area contributed by atoms with Gasteiger partial charge in [-0.3, -0.25) is 0 Å². The van der Waals surface area contributed by atoms with Crippen molar-refractivity contribution in [2.24, 2.45) is 0 Å². The molecule has 0 atom stereocenters. The summed E-state index contributed by atoms with van der Waals surface area (Å²) >= 11 is 0. The van der Waals surface area contributed by atoms with Gasteiger partial charge < -0.3 is 43.8 Å². The second-order valence-corrected chi connectivity index (χ2v) is 0. The van der Waals surface area contributed by atoms with E-state index in [0.29, 0.717) is 0 Å². The molecule has 0 amide bonds. The zero-order valence-corrected chi connectivity index (χ0v) is 5.35. The van der Waals surface area contributed by atoms with E-state index in [-0.39, 0.29) is 60.9 Å². The average molecular weight is 198 g/mol. The van der Waals surface area contributed by atoms with Gasteiger partial charge >= 0.3 is 17.1 Å². The summed E-state index contributed by atoms with van der Waals surface area (Å²) in [6.07, 6.45) is 0. The molecule has 0 aliphatic rings. The Labute approximate surface area is 61.8 Å². The van der Waals surface area contributed by atoms with Crippen LogP contribution in [0.25, 0.3) is 0 Å². The Morgan fingerprint density at radius 3 is 0.333 bits per heavy atom. The first-order chi connectivity index (χ1) is 0. The van der Waals surface area contributed by atoms with Gasteiger partial charge in [-0.05, 0) is 0 Å². The van der Waals surface area contributed by atoms with Crippen molar-refractivity contribution in [3.63, 3.8) is 0 Å². The van der Waals surface area contributed by atoms with Crippen LogP contribution in [-0.4, -0.2) is 43.8 Å². The van der Waals surface area contributed by atoms with E-state index in [9.17, 15) is 0 Å². The third-order valence-corrected chi connectivity index (χ3v) is 0. The maximum Gasteiger partial charge on any atom is 2.00 e. The molecule has 0 radical (unpaired) electrons. The van der Waals surface area contributed by atoms with Crippen LogP contribution in [0.15, 0.2) is 0 Å². The maximum absolute atomic E-state index is 0. The van der Waals surface area contributed by atoms with Crippen molar-refractivity contribution in [2.45, 2.75) is 0 Å². The zero-order valence-electron chi connectivity index (χ0n) is 4.25. The fraction of sp³-hybridized carbons (Fsp3) is 0. The van der Waals surface area contributed by atoms with Gasteiger partial charge in [-0.1, -0.05) is 0 Å². The van der Waals surface area contributed by atoms with Gasteiger partial charge in [-0.2, -0.15) is 0 Å². The molecule has 0 aromatic heterocycles. The van der Waals surface area contributed by atoms with Crippen LogP contribution in [0.5, 0.6) is 0 Å². The normalized spacial score (nSPS) is 0. The molecular weight excluding hydrogens is 184 g/mol. The number of hydrogen-bond donors (Lipinski definition) is 0. The molecule has 0 unspecified atom stereocenters. The van der Waals surface area contributed by atoms with Crippen molar-refractivity contribution >= 4 is 0 Å².